The summed E-state index contributed by atoms with van der Waals surface area (Å²) in [6, 6.07) is 0.960. The molecule has 3 unspecified atom stereocenters. The van der Waals surface area contributed by atoms with Gasteiger partial charge in [0.2, 0.25) is 0 Å². The van der Waals surface area contributed by atoms with Crippen molar-refractivity contribution in [3.8, 4) is 0 Å². The third-order valence-corrected chi connectivity index (χ3v) is 4.69. The fourth-order valence-electron chi connectivity index (χ4n) is 3.19. The number of hydrogen-bond acceptors (Lipinski definition) is 3. The first-order chi connectivity index (χ1) is 8.48. The van der Waals surface area contributed by atoms with Gasteiger partial charge in [-0.05, 0) is 24.7 Å². The lowest BCUT2D eigenvalue weighted by Crippen LogP contribution is -2.53. The third-order valence-electron chi connectivity index (χ3n) is 4.69. The second kappa shape index (κ2) is 5.89. The molecule has 3 heteroatoms. The SMILES string of the molecule is CC(C)(C)C(N)CCN1CCOC2CCCCC21. The van der Waals surface area contributed by atoms with Gasteiger partial charge in [-0.1, -0.05) is 33.6 Å². The highest BCUT2D eigenvalue weighted by molar-refractivity contribution is 4.88. The molecule has 1 heterocycles. The molecule has 0 aromatic carbocycles. The van der Waals surface area contributed by atoms with Gasteiger partial charge >= 0.3 is 0 Å². The van der Waals surface area contributed by atoms with Crippen molar-refractivity contribution in [2.45, 2.75) is 71.1 Å². The van der Waals surface area contributed by atoms with E-state index in [4.69, 9.17) is 10.5 Å². The summed E-state index contributed by atoms with van der Waals surface area (Å²) in [5, 5.41) is 0. The average molecular weight is 254 g/mol. The maximum absolute atomic E-state index is 6.28. The Labute approximate surface area is 112 Å². The van der Waals surface area contributed by atoms with Gasteiger partial charge in [0.05, 0.1) is 12.7 Å². The Morgan fingerprint density at radius 2 is 2.00 bits per heavy atom. The maximum atomic E-state index is 6.28. The van der Waals surface area contributed by atoms with Gasteiger partial charge in [0.15, 0.2) is 0 Å². The van der Waals surface area contributed by atoms with E-state index in [1.54, 1.807) is 0 Å². The number of ether oxygens (including phenoxy) is 1. The van der Waals surface area contributed by atoms with E-state index < -0.39 is 0 Å². The molecule has 2 N–H and O–H groups in total. The Kier molecular flexibility index (Phi) is 4.68. The van der Waals surface area contributed by atoms with E-state index in [2.05, 4.69) is 25.7 Å². The summed E-state index contributed by atoms with van der Waals surface area (Å²) in [6.07, 6.45) is 6.88. The van der Waals surface area contributed by atoms with E-state index in [1.165, 1.54) is 25.7 Å². The number of nitrogens with two attached hydrogens (primary N) is 1. The third kappa shape index (κ3) is 3.46. The van der Waals surface area contributed by atoms with E-state index in [9.17, 15) is 0 Å². The molecule has 1 aliphatic heterocycles. The van der Waals surface area contributed by atoms with Gasteiger partial charge in [-0.15, -0.1) is 0 Å². The van der Waals surface area contributed by atoms with E-state index in [0.29, 0.717) is 18.2 Å². The molecule has 0 spiro atoms. The lowest BCUT2D eigenvalue weighted by atomic mass is 9.85. The van der Waals surface area contributed by atoms with Crippen LogP contribution in [0, 0.1) is 5.41 Å². The first kappa shape index (κ1) is 14.3. The Morgan fingerprint density at radius 3 is 2.72 bits per heavy atom. The largest absolute Gasteiger partial charge is 0.375 e. The van der Waals surface area contributed by atoms with E-state index >= 15 is 0 Å². The Morgan fingerprint density at radius 1 is 1.28 bits per heavy atom. The van der Waals surface area contributed by atoms with Crippen LogP contribution in [0.4, 0.5) is 0 Å². The molecule has 0 aromatic rings. The molecule has 18 heavy (non-hydrogen) atoms. The molecule has 2 rings (SSSR count). The quantitative estimate of drug-likeness (QED) is 0.840. The van der Waals surface area contributed by atoms with Crippen LogP contribution in [0.1, 0.15) is 52.9 Å². The van der Waals surface area contributed by atoms with E-state index in [-0.39, 0.29) is 5.41 Å². The van der Waals surface area contributed by atoms with Crippen molar-refractivity contribution >= 4 is 0 Å². The second-order valence-electron chi connectivity index (χ2n) is 7.06. The van der Waals surface area contributed by atoms with Gasteiger partial charge in [-0.2, -0.15) is 0 Å². The topological polar surface area (TPSA) is 38.5 Å². The maximum Gasteiger partial charge on any atom is 0.0730 e. The van der Waals surface area contributed by atoms with Gasteiger partial charge in [-0.3, -0.25) is 4.90 Å². The summed E-state index contributed by atoms with van der Waals surface area (Å²) in [7, 11) is 0. The predicted octanol–water partition coefficient (Wildman–Crippen LogP) is 2.39. The zero-order chi connectivity index (χ0) is 13.2. The predicted molar refractivity (Wildman–Crippen MR) is 75.6 cm³/mol. The molecule has 0 amide bonds. The first-order valence-electron chi connectivity index (χ1n) is 7.60. The molecular formula is C15H30N2O. The van der Waals surface area contributed by atoms with Crippen LogP contribution >= 0.6 is 0 Å². The smallest absolute Gasteiger partial charge is 0.0730 e. The number of fused-ring (bicyclic) bond motifs is 1. The zero-order valence-electron chi connectivity index (χ0n) is 12.3. The summed E-state index contributed by atoms with van der Waals surface area (Å²) >= 11 is 0. The molecule has 2 aliphatic rings. The average Bonchev–Trinajstić information content (AvgIpc) is 2.34. The minimum atomic E-state index is 0.220. The minimum Gasteiger partial charge on any atom is -0.375 e. The van der Waals surface area contributed by atoms with Crippen LogP contribution in [0.5, 0.6) is 0 Å². The van der Waals surface area contributed by atoms with Gasteiger partial charge in [0.1, 0.15) is 0 Å². The van der Waals surface area contributed by atoms with Crippen molar-refractivity contribution in [2.24, 2.45) is 11.1 Å². The van der Waals surface area contributed by atoms with Crippen LogP contribution in [0.2, 0.25) is 0 Å². The molecule has 1 saturated carbocycles. The van der Waals surface area contributed by atoms with Crippen molar-refractivity contribution < 1.29 is 4.74 Å². The highest BCUT2D eigenvalue weighted by Crippen LogP contribution is 2.29. The van der Waals surface area contributed by atoms with Crippen molar-refractivity contribution in [1.29, 1.82) is 0 Å². The van der Waals surface area contributed by atoms with Crippen LogP contribution in [0.3, 0.4) is 0 Å². The number of nitrogens with zero attached hydrogens (tertiary/aromatic N) is 1. The minimum absolute atomic E-state index is 0.220. The fraction of sp³-hybridized carbons (Fsp3) is 1.00. The van der Waals surface area contributed by atoms with Crippen LogP contribution in [-0.4, -0.2) is 42.8 Å². The van der Waals surface area contributed by atoms with Gasteiger partial charge < -0.3 is 10.5 Å². The highest BCUT2D eigenvalue weighted by Gasteiger charge is 2.34. The van der Waals surface area contributed by atoms with Gasteiger partial charge in [-0.25, -0.2) is 0 Å². The first-order valence-corrected chi connectivity index (χ1v) is 7.60. The summed E-state index contributed by atoms with van der Waals surface area (Å²) in [6.45, 7) is 9.86. The zero-order valence-corrected chi connectivity index (χ0v) is 12.3. The van der Waals surface area contributed by atoms with Crippen molar-refractivity contribution in [1.82, 2.24) is 4.90 Å². The molecule has 2 fully saturated rings. The van der Waals surface area contributed by atoms with E-state index in [0.717, 1.165) is 26.1 Å². The molecule has 3 nitrogen and oxygen atoms in total. The molecular weight excluding hydrogens is 224 g/mol. The molecule has 106 valence electrons. The molecule has 3 atom stereocenters. The summed E-state index contributed by atoms with van der Waals surface area (Å²) < 4.78 is 5.91. The number of morpholine rings is 1. The standard InChI is InChI=1S/C15H30N2O/c1-15(2,3)14(16)8-9-17-10-11-18-13-7-5-4-6-12(13)17/h12-14H,4-11,16H2,1-3H3. The molecule has 1 aliphatic carbocycles. The number of rotatable bonds is 3. The fourth-order valence-corrected chi connectivity index (χ4v) is 3.19. The van der Waals surface area contributed by atoms with Crippen molar-refractivity contribution in [3.63, 3.8) is 0 Å². The van der Waals surface area contributed by atoms with Crippen molar-refractivity contribution in [3.05, 3.63) is 0 Å². The molecule has 0 radical (unpaired) electrons. The summed E-state index contributed by atoms with van der Waals surface area (Å²) in [5.74, 6) is 0. The highest BCUT2D eigenvalue weighted by atomic mass is 16.5. The van der Waals surface area contributed by atoms with Crippen LogP contribution in [0.25, 0.3) is 0 Å². The molecule has 0 bridgehead atoms. The molecule has 1 saturated heterocycles. The summed E-state index contributed by atoms with van der Waals surface area (Å²) in [4.78, 5) is 2.64. The number of hydrogen-bond donors (Lipinski definition) is 1. The molecule has 0 aromatic heterocycles. The summed E-state index contributed by atoms with van der Waals surface area (Å²) in [5.41, 5.74) is 6.50. The van der Waals surface area contributed by atoms with Gasteiger partial charge in [0, 0.05) is 25.2 Å². The monoisotopic (exact) mass is 254 g/mol. The Bertz CT molecular complexity index is 260. The Hall–Kier alpha value is -0.120. The van der Waals surface area contributed by atoms with Gasteiger partial charge in [0.25, 0.3) is 0 Å². The normalized spacial score (nSPS) is 32.0. The van der Waals surface area contributed by atoms with Crippen molar-refractivity contribution in [2.75, 3.05) is 19.7 Å². The Balaban J connectivity index is 1.84. The van der Waals surface area contributed by atoms with Crippen LogP contribution < -0.4 is 5.73 Å². The lowest BCUT2D eigenvalue weighted by molar-refractivity contribution is -0.0890. The van der Waals surface area contributed by atoms with E-state index in [1.807, 2.05) is 0 Å². The van der Waals surface area contributed by atoms with Crippen LogP contribution in [-0.2, 0) is 4.74 Å². The second-order valence-corrected chi connectivity index (χ2v) is 7.06. The lowest BCUT2D eigenvalue weighted by Gasteiger charge is -2.44. The van der Waals surface area contributed by atoms with Crippen LogP contribution in [0.15, 0.2) is 0 Å².